The topological polar surface area (TPSA) is 21.6 Å². The molecule has 1 aliphatic heterocycles. The molecule has 88 valence electrons. The lowest BCUT2D eigenvalue weighted by Gasteiger charge is -2.17. The van der Waals surface area contributed by atoms with Gasteiger partial charge in [0.05, 0.1) is 6.04 Å². The van der Waals surface area contributed by atoms with Crippen molar-refractivity contribution in [2.45, 2.75) is 53.5 Å². The van der Waals surface area contributed by atoms with E-state index < -0.39 is 0 Å². The lowest BCUT2D eigenvalue weighted by Crippen LogP contribution is -2.18. The molecule has 0 saturated heterocycles. The minimum absolute atomic E-state index is 0.409. The number of rotatable bonds is 5. The third-order valence-corrected chi connectivity index (χ3v) is 3.36. The fraction of sp³-hybridized carbons (Fsp3) is 0.923. The van der Waals surface area contributed by atoms with Crippen molar-refractivity contribution in [2.75, 3.05) is 6.61 Å². The molecule has 2 heteroatoms. The first-order valence-electron chi connectivity index (χ1n) is 6.25. The molecule has 0 N–H and O–H groups in total. The molecular formula is C13H25NO. The standard InChI is InChI=1S/C13H25NO/c1-6-10(4)11(5)13-14-12(8-15-13)7-9(2)3/h9-12H,6-8H2,1-5H3/t10?,11-,12+/m0/s1. The molecule has 3 atom stereocenters. The lowest BCUT2D eigenvalue weighted by atomic mass is 9.93. The Labute approximate surface area is 94.1 Å². The van der Waals surface area contributed by atoms with Gasteiger partial charge >= 0.3 is 0 Å². The molecule has 2 nitrogen and oxygen atoms in total. The van der Waals surface area contributed by atoms with Crippen molar-refractivity contribution >= 4 is 5.90 Å². The second-order valence-electron chi connectivity index (χ2n) is 5.24. The number of aliphatic imine (C=N–C) groups is 1. The first-order chi connectivity index (χ1) is 7.04. The van der Waals surface area contributed by atoms with E-state index in [1.54, 1.807) is 0 Å². The van der Waals surface area contributed by atoms with Crippen LogP contribution in [0, 0.1) is 17.8 Å². The minimum atomic E-state index is 0.409. The van der Waals surface area contributed by atoms with Crippen LogP contribution in [0.15, 0.2) is 4.99 Å². The van der Waals surface area contributed by atoms with Crippen LogP contribution in [0.3, 0.4) is 0 Å². The monoisotopic (exact) mass is 211 g/mol. The predicted octanol–water partition coefficient (Wildman–Crippen LogP) is 3.51. The molecule has 0 spiro atoms. The van der Waals surface area contributed by atoms with Crippen LogP contribution in [0.4, 0.5) is 0 Å². The maximum absolute atomic E-state index is 5.70. The molecule has 0 fully saturated rings. The second-order valence-corrected chi connectivity index (χ2v) is 5.24. The summed E-state index contributed by atoms with van der Waals surface area (Å²) in [6.45, 7) is 12.0. The molecule has 0 aromatic heterocycles. The van der Waals surface area contributed by atoms with Crippen molar-refractivity contribution in [3.63, 3.8) is 0 Å². The molecule has 0 radical (unpaired) electrons. The smallest absolute Gasteiger partial charge is 0.186 e. The third kappa shape index (κ3) is 3.51. The Balaban J connectivity index is 2.50. The molecule has 1 heterocycles. The quantitative estimate of drug-likeness (QED) is 0.682. The number of hydrogen-bond acceptors (Lipinski definition) is 2. The molecule has 15 heavy (non-hydrogen) atoms. The van der Waals surface area contributed by atoms with Crippen molar-refractivity contribution in [2.24, 2.45) is 22.7 Å². The van der Waals surface area contributed by atoms with Gasteiger partial charge in [0.15, 0.2) is 5.90 Å². The Morgan fingerprint density at radius 3 is 2.53 bits per heavy atom. The molecule has 0 saturated carbocycles. The van der Waals surface area contributed by atoms with Crippen molar-refractivity contribution < 1.29 is 4.74 Å². The third-order valence-electron chi connectivity index (χ3n) is 3.36. The van der Waals surface area contributed by atoms with Crippen molar-refractivity contribution in [1.82, 2.24) is 0 Å². The van der Waals surface area contributed by atoms with Gasteiger partial charge < -0.3 is 4.74 Å². The fourth-order valence-electron chi connectivity index (χ4n) is 1.95. The van der Waals surface area contributed by atoms with Crippen LogP contribution in [0.2, 0.25) is 0 Å². The van der Waals surface area contributed by atoms with Crippen LogP contribution in [0.1, 0.15) is 47.5 Å². The van der Waals surface area contributed by atoms with E-state index in [2.05, 4.69) is 34.6 Å². The van der Waals surface area contributed by atoms with Gasteiger partial charge in [0, 0.05) is 5.92 Å². The summed E-state index contributed by atoms with van der Waals surface area (Å²) in [6.07, 6.45) is 2.34. The zero-order valence-corrected chi connectivity index (χ0v) is 10.8. The van der Waals surface area contributed by atoms with E-state index in [-0.39, 0.29) is 0 Å². The largest absolute Gasteiger partial charge is 0.478 e. The Bertz CT molecular complexity index is 223. The van der Waals surface area contributed by atoms with Gasteiger partial charge in [-0.2, -0.15) is 0 Å². The molecule has 0 bridgehead atoms. The average molecular weight is 211 g/mol. The van der Waals surface area contributed by atoms with Gasteiger partial charge in [-0.3, -0.25) is 0 Å². The molecule has 1 rings (SSSR count). The maximum atomic E-state index is 5.70. The SMILES string of the molecule is CCC(C)[C@H](C)C1=N[C@H](CC(C)C)CO1. The summed E-state index contributed by atoms with van der Waals surface area (Å²) in [6, 6.07) is 0.409. The highest BCUT2D eigenvalue weighted by Crippen LogP contribution is 2.23. The highest BCUT2D eigenvalue weighted by Gasteiger charge is 2.26. The number of ether oxygens (including phenoxy) is 1. The van der Waals surface area contributed by atoms with Crippen LogP contribution in [-0.4, -0.2) is 18.5 Å². The maximum Gasteiger partial charge on any atom is 0.186 e. The molecular weight excluding hydrogens is 186 g/mol. The summed E-state index contributed by atoms with van der Waals surface area (Å²) in [5.41, 5.74) is 0. The molecule has 0 amide bonds. The Kier molecular flexibility index (Phi) is 4.62. The molecule has 0 aliphatic carbocycles. The first-order valence-corrected chi connectivity index (χ1v) is 6.25. The summed E-state index contributed by atoms with van der Waals surface area (Å²) in [5, 5.41) is 0. The number of hydrogen-bond donors (Lipinski definition) is 0. The van der Waals surface area contributed by atoms with Gasteiger partial charge in [0.2, 0.25) is 0 Å². The molecule has 0 aromatic carbocycles. The van der Waals surface area contributed by atoms with Crippen LogP contribution in [0.25, 0.3) is 0 Å². The summed E-state index contributed by atoms with van der Waals surface area (Å²) in [4.78, 5) is 4.69. The van der Waals surface area contributed by atoms with Crippen molar-refractivity contribution in [1.29, 1.82) is 0 Å². The van der Waals surface area contributed by atoms with E-state index in [0.29, 0.717) is 23.8 Å². The predicted molar refractivity (Wildman–Crippen MR) is 65.2 cm³/mol. The van der Waals surface area contributed by atoms with Crippen LogP contribution in [0.5, 0.6) is 0 Å². The van der Waals surface area contributed by atoms with Crippen LogP contribution in [-0.2, 0) is 4.74 Å². The van der Waals surface area contributed by atoms with E-state index >= 15 is 0 Å². The van der Waals surface area contributed by atoms with E-state index in [1.165, 1.54) is 6.42 Å². The summed E-state index contributed by atoms with van der Waals surface area (Å²) in [7, 11) is 0. The highest BCUT2D eigenvalue weighted by atomic mass is 16.5. The van der Waals surface area contributed by atoms with E-state index in [1.807, 2.05) is 0 Å². The minimum Gasteiger partial charge on any atom is -0.478 e. The summed E-state index contributed by atoms with van der Waals surface area (Å²) in [5.74, 6) is 2.85. The van der Waals surface area contributed by atoms with Gasteiger partial charge in [-0.1, -0.05) is 41.0 Å². The summed E-state index contributed by atoms with van der Waals surface area (Å²) < 4.78 is 5.70. The van der Waals surface area contributed by atoms with Gasteiger partial charge in [0.25, 0.3) is 0 Å². The van der Waals surface area contributed by atoms with Gasteiger partial charge in [-0.05, 0) is 18.3 Å². The van der Waals surface area contributed by atoms with Gasteiger partial charge in [0.1, 0.15) is 6.61 Å². The summed E-state index contributed by atoms with van der Waals surface area (Å²) >= 11 is 0. The van der Waals surface area contributed by atoms with E-state index in [0.717, 1.165) is 18.9 Å². The lowest BCUT2D eigenvalue weighted by molar-refractivity contribution is 0.274. The first kappa shape index (κ1) is 12.5. The zero-order chi connectivity index (χ0) is 11.4. The van der Waals surface area contributed by atoms with Gasteiger partial charge in [-0.15, -0.1) is 0 Å². The molecule has 1 unspecified atom stereocenters. The van der Waals surface area contributed by atoms with E-state index in [4.69, 9.17) is 9.73 Å². The van der Waals surface area contributed by atoms with Crippen LogP contribution >= 0.6 is 0 Å². The van der Waals surface area contributed by atoms with Gasteiger partial charge in [-0.25, -0.2) is 4.99 Å². The zero-order valence-electron chi connectivity index (χ0n) is 10.8. The van der Waals surface area contributed by atoms with Crippen LogP contribution < -0.4 is 0 Å². The Morgan fingerprint density at radius 2 is 2.00 bits per heavy atom. The Morgan fingerprint density at radius 1 is 1.33 bits per heavy atom. The van der Waals surface area contributed by atoms with E-state index in [9.17, 15) is 0 Å². The highest BCUT2D eigenvalue weighted by molar-refractivity contribution is 5.80. The number of nitrogens with zero attached hydrogens (tertiary/aromatic N) is 1. The Hall–Kier alpha value is -0.530. The van der Waals surface area contributed by atoms with Crippen molar-refractivity contribution in [3.8, 4) is 0 Å². The average Bonchev–Trinajstić information content (AvgIpc) is 2.63. The molecule has 1 aliphatic rings. The second kappa shape index (κ2) is 5.53. The van der Waals surface area contributed by atoms with Crippen molar-refractivity contribution in [3.05, 3.63) is 0 Å². The molecule has 0 aromatic rings. The normalized spacial score (nSPS) is 24.9. The fourth-order valence-corrected chi connectivity index (χ4v) is 1.95.